The minimum atomic E-state index is -0.108. The summed E-state index contributed by atoms with van der Waals surface area (Å²) in [6, 6.07) is 9.27. The number of amides is 1. The summed E-state index contributed by atoms with van der Waals surface area (Å²) in [4.78, 5) is 16.4. The molecule has 0 unspecified atom stereocenters. The predicted octanol–water partition coefficient (Wildman–Crippen LogP) is 2.37. The van der Waals surface area contributed by atoms with Crippen LogP contribution in [0, 0.1) is 5.41 Å². The number of nitrogens with zero attached hydrogens (tertiary/aromatic N) is 1. The van der Waals surface area contributed by atoms with Gasteiger partial charge in [-0.3, -0.25) is 9.78 Å². The maximum Gasteiger partial charge on any atom is 0.251 e. The van der Waals surface area contributed by atoms with E-state index in [9.17, 15) is 4.79 Å². The predicted molar refractivity (Wildman–Crippen MR) is 79.6 cm³/mol. The highest BCUT2D eigenvalue weighted by Gasteiger charge is 2.18. The van der Waals surface area contributed by atoms with Gasteiger partial charge in [-0.2, -0.15) is 0 Å². The summed E-state index contributed by atoms with van der Waals surface area (Å²) in [5.74, 6) is -0.0956. The minimum absolute atomic E-state index is 0.0956. The zero-order valence-electron chi connectivity index (χ0n) is 11.9. The Hall–Kier alpha value is -1.94. The van der Waals surface area contributed by atoms with Gasteiger partial charge >= 0.3 is 0 Å². The fourth-order valence-electron chi connectivity index (χ4n) is 2.03. The monoisotopic (exact) mass is 272 g/mol. The Kier molecular flexibility index (Phi) is 4.35. The Morgan fingerprint density at radius 2 is 2.15 bits per heavy atom. The molecule has 106 valence electrons. The van der Waals surface area contributed by atoms with Crippen molar-refractivity contribution < 1.29 is 9.90 Å². The van der Waals surface area contributed by atoms with E-state index < -0.39 is 0 Å². The van der Waals surface area contributed by atoms with Crippen molar-refractivity contribution in [3.8, 4) is 0 Å². The maximum absolute atomic E-state index is 12.1. The van der Waals surface area contributed by atoms with E-state index in [1.165, 1.54) is 0 Å². The van der Waals surface area contributed by atoms with Crippen LogP contribution in [0.4, 0.5) is 0 Å². The molecule has 0 aliphatic carbocycles. The molecule has 2 N–H and O–H groups in total. The molecule has 20 heavy (non-hydrogen) atoms. The zero-order chi connectivity index (χ0) is 14.6. The van der Waals surface area contributed by atoms with E-state index in [0.29, 0.717) is 18.5 Å². The van der Waals surface area contributed by atoms with Crippen LogP contribution in [0.15, 0.2) is 36.5 Å². The number of carbonyl (C=O) groups excluding carboxylic acids is 1. The first kappa shape index (κ1) is 14.5. The molecule has 0 atom stereocenters. The van der Waals surface area contributed by atoms with Crippen molar-refractivity contribution in [1.29, 1.82) is 0 Å². The second-order valence-electron chi connectivity index (χ2n) is 5.73. The maximum atomic E-state index is 12.1. The minimum Gasteiger partial charge on any atom is -0.396 e. The summed E-state index contributed by atoms with van der Waals surface area (Å²) in [5.41, 5.74) is 1.40. The van der Waals surface area contributed by atoms with Crippen molar-refractivity contribution in [2.24, 2.45) is 5.41 Å². The van der Waals surface area contributed by atoms with Gasteiger partial charge in [0.15, 0.2) is 0 Å². The van der Waals surface area contributed by atoms with Gasteiger partial charge in [-0.15, -0.1) is 0 Å². The van der Waals surface area contributed by atoms with E-state index in [-0.39, 0.29) is 17.9 Å². The van der Waals surface area contributed by atoms with Gasteiger partial charge in [-0.05, 0) is 36.1 Å². The van der Waals surface area contributed by atoms with Crippen LogP contribution in [-0.4, -0.2) is 29.1 Å². The Bertz CT molecular complexity index is 608. The smallest absolute Gasteiger partial charge is 0.251 e. The lowest BCUT2D eigenvalue weighted by molar-refractivity contribution is 0.0928. The fourth-order valence-corrected chi connectivity index (χ4v) is 2.03. The molecule has 1 amide bonds. The number of hydrogen-bond donors (Lipinski definition) is 2. The van der Waals surface area contributed by atoms with Crippen LogP contribution in [0.5, 0.6) is 0 Å². The third kappa shape index (κ3) is 3.54. The van der Waals surface area contributed by atoms with Crippen molar-refractivity contribution in [2.45, 2.75) is 20.3 Å². The summed E-state index contributed by atoms with van der Waals surface area (Å²) in [5, 5.41) is 12.9. The second-order valence-corrected chi connectivity index (χ2v) is 5.73. The van der Waals surface area contributed by atoms with Gasteiger partial charge in [0.25, 0.3) is 5.91 Å². The van der Waals surface area contributed by atoms with E-state index in [4.69, 9.17) is 5.11 Å². The van der Waals surface area contributed by atoms with E-state index in [0.717, 1.165) is 10.9 Å². The van der Waals surface area contributed by atoms with Crippen molar-refractivity contribution in [2.75, 3.05) is 13.2 Å². The molecule has 2 rings (SSSR count). The molecule has 0 fully saturated rings. The number of aliphatic hydroxyl groups excluding tert-OH is 1. The van der Waals surface area contributed by atoms with Gasteiger partial charge in [0, 0.05) is 30.3 Å². The molecule has 0 radical (unpaired) electrons. The number of fused-ring (bicyclic) bond motifs is 1. The molecule has 0 spiro atoms. The number of aliphatic hydroxyl groups is 1. The molecule has 0 aliphatic heterocycles. The molecule has 0 saturated heterocycles. The normalized spacial score (nSPS) is 11.6. The van der Waals surface area contributed by atoms with Gasteiger partial charge in [-0.1, -0.05) is 19.9 Å². The number of carbonyl (C=O) groups is 1. The molecule has 1 aromatic carbocycles. The van der Waals surface area contributed by atoms with Crippen molar-refractivity contribution in [1.82, 2.24) is 10.3 Å². The van der Waals surface area contributed by atoms with E-state index >= 15 is 0 Å². The van der Waals surface area contributed by atoms with Gasteiger partial charge in [0.2, 0.25) is 0 Å². The third-order valence-electron chi connectivity index (χ3n) is 3.38. The molecule has 2 aromatic rings. The van der Waals surface area contributed by atoms with Crippen LogP contribution in [0.2, 0.25) is 0 Å². The van der Waals surface area contributed by atoms with E-state index in [1.807, 2.05) is 38.1 Å². The van der Waals surface area contributed by atoms with Crippen LogP contribution >= 0.6 is 0 Å². The highest BCUT2D eigenvalue weighted by atomic mass is 16.3. The third-order valence-corrected chi connectivity index (χ3v) is 3.38. The molecular formula is C16H20N2O2. The van der Waals surface area contributed by atoms with Crippen molar-refractivity contribution >= 4 is 16.8 Å². The van der Waals surface area contributed by atoms with Crippen molar-refractivity contribution in [3.05, 3.63) is 42.1 Å². The topological polar surface area (TPSA) is 62.2 Å². The van der Waals surface area contributed by atoms with Crippen LogP contribution in [0.1, 0.15) is 30.6 Å². The van der Waals surface area contributed by atoms with Crippen LogP contribution in [0.3, 0.4) is 0 Å². The zero-order valence-corrected chi connectivity index (χ0v) is 11.9. The highest BCUT2D eigenvalue weighted by molar-refractivity contribution is 5.97. The van der Waals surface area contributed by atoms with E-state index in [2.05, 4.69) is 10.3 Å². The van der Waals surface area contributed by atoms with Crippen molar-refractivity contribution in [3.63, 3.8) is 0 Å². The quantitative estimate of drug-likeness (QED) is 0.878. The van der Waals surface area contributed by atoms with Gasteiger partial charge in [-0.25, -0.2) is 0 Å². The Balaban J connectivity index is 2.08. The number of hydrogen-bond acceptors (Lipinski definition) is 3. The fraction of sp³-hybridized carbons (Fsp3) is 0.375. The highest BCUT2D eigenvalue weighted by Crippen LogP contribution is 2.18. The first-order valence-corrected chi connectivity index (χ1v) is 6.76. The van der Waals surface area contributed by atoms with Crippen LogP contribution in [-0.2, 0) is 0 Å². The largest absolute Gasteiger partial charge is 0.396 e. The lowest BCUT2D eigenvalue weighted by Gasteiger charge is -2.23. The summed E-state index contributed by atoms with van der Waals surface area (Å²) in [7, 11) is 0. The number of pyridine rings is 1. The molecular weight excluding hydrogens is 252 g/mol. The average Bonchev–Trinajstić information content (AvgIpc) is 2.44. The first-order chi connectivity index (χ1) is 9.52. The molecule has 1 heterocycles. The summed E-state index contributed by atoms with van der Waals surface area (Å²) >= 11 is 0. The molecule has 1 aromatic heterocycles. The van der Waals surface area contributed by atoms with E-state index in [1.54, 1.807) is 12.3 Å². The summed E-state index contributed by atoms with van der Waals surface area (Å²) in [6.45, 7) is 4.71. The summed E-state index contributed by atoms with van der Waals surface area (Å²) < 4.78 is 0. The Morgan fingerprint density at radius 1 is 1.35 bits per heavy atom. The second kappa shape index (κ2) is 6.01. The number of rotatable bonds is 5. The van der Waals surface area contributed by atoms with Gasteiger partial charge in [0.1, 0.15) is 0 Å². The number of benzene rings is 1. The average molecular weight is 272 g/mol. The molecule has 0 saturated carbocycles. The SMILES string of the molecule is CC(C)(CCO)CNC(=O)c1ccc2ncccc2c1. The Labute approximate surface area is 118 Å². The molecule has 4 nitrogen and oxygen atoms in total. The molecule has 0 bridgehead atoms. The number of nitrogens with one attached hydrogen (secondary N) is 1. The van der Waals surface area contributed by atoms with Gasteiger partial charge < -0.3 is 10.4 Å². The number of aromatic nitrogens is 1. The van der Waals surface area contributed by atoms with Gasteiger partial charge in [0.05, 0.1) is 5.52 Å². The molecule has 4 heteroatoms. The van der Waals surface area contributed by atoms with Crippen LogP contribution < -0.4 is 5.32 Å². The lowest BCUT2D eigenvalue weighted by Crippen LogP contribution is -2.34. The summed E-state index contributed by atoms with van der Waals surface area (Å²) in [6.07, 6.45) is 2.40. The standard InChI is InChI=1S/C16H20N2O2/c1-16(2,7-9-19)11-18-15(20)13-5-6-14-12(10-13)4-3-8-17-14/h3-6,8,10,19H,7,9,11H2,1-2H3,(H,18,20). The Morgan fingerprint density at radius 3 is 2.90 bits per heavy atom. The van der Waals surface area contributed by atoms with Crippen LogP contribution in [0.25, 0.3) is 10.9 Å². The molecule has 0 aliphatic rings. The lowest BCUT2D eigenvalue weighted by atomic mass is 9.89. The first-order valence-electron chi connectivity index (χ1n) is 6.76.